The molecule has 1 saturated carbocycles. The van der Waals surface area contributed by atoms with Crippen molar-refractivity contribution in [2.75, 3.05) is 13.2 Å². The van der Waals surface area contributed by atoms with Crippen molar-refractivity contribution in [2.24, 2.45) is 0 Å². The molecule has 0 aromatic heterocycles. The van der Waals surface area contributed by atoms with Gasteiger partial charge in [0, 0.05) is 12.6 Å². The maximum absolute atomic E-state index is 5.74. The first kappa shape index (κ1) is 11.0. The van der Waals surface area contributed by atoms with Crippen LogP contribution >= 0.6 is 0 Å². The zero-order chi connectivity index (χ0) is 9.73. The Kier molecular flexibility index (Phi) is 4.20. The molecular formula is C11H23NO. The van der Waals surface area contributed by atoms with Crippen molar-refractivity contribution in [3.8, 4) is 0 Å². The van der Waals surface area contributed by atoms with E-state index >= 15 is 0 Å². The van der Waals surface area contributed by atoms with Crippen molar-refractivity contribution in [3.63, 3.8) is 0 Å². The number of nitrogens with one attached hydrogen (secondary N) is 1. The molecule has 0 aliphatic heterocycles. The fraction of sp³-hybridized carbons (Fsp3) is 1.00. The van der Waals surface area contributed by atoms with Crippen molar-refractivity contribution in [2.45, 2.75) is 58.1 Å². The topological polar surface area (TPSA) is 21.3 Å². The Morgan fingerprint density at radius 2 is 2.08 bits per heavy atom. The first-order chi connectivity index (χ1) is 6.14. The second-order valence-corrected chi connectivity index (χ2v) is 4.54. The highest BCUT2D eigenvalue weighted by atomic mass is 16.5. The van der Waals surface area contributed by atoms with Gasteiger partial charge in [-0.15, -0.1) is 0 Å². The average Bonchev–Trinajstić information content (AvgIpc) is 2.01. The van der Waals surface area contributed by atoms with Crippen molar-refractivity contribution < 1.29 is 4.74 Å². The van der Waals surface area contributed by atoms with E-state index in [0.717, 1.165) is 25.6 Å². The zero-order valence-corrected chi connectivity index (χ0v) is 9.23. The van der Waals surface area contributed by atoms with Crippen LogP contribution in [0, 0.1) is 0 Å². The summed E-state index contributed by atoms with van der Waals surface area (Å²) >= 11 is 0. The number of rotatable bonds is 6. The van der Waals surface area contributed by atoms with Crippen LogP contribution in [0.15, 0.2) is 0 Å². The van der Waals surface area contributed by atoms with Gasteiger partial charge in [-0.05, 0) is 33.1 Å². The third kappa shape index (κ3) is 4.10. The van der Waals surface area contributed by atoms with Gasteiger partial charge >= 0.3 is 0 Å². The van der Waals surface area contributed by atoms with E-state index in [2.05, 4.69) is 26.1 Å². The van der Waals surface area contributed by atoms with Crippen LogP contribution < -0.4 is 5.32 Å². The number of hydrogen-bond acceptors (Lipinski definition) is 2. The van der Waals surface area contributed by atoms with Gasteiger partial charge in [-0.25, -0.2) is 0 Å². The zero-order valence-electron chi connectivity index (χ0n) is 9.23. The average molecular weight is 185 g/mol. The minimum absolute atomic E-state index is 0.0568. The Balaban J connectivity index is 1.93. The molecule has 1 aliphatic carbocycles. The van der Waals surface area contributed by atoms with E-state index in [1.54, 1.807) is 0 Å². The van der Waals surface area contributed by atoms with Gasteiger partial charge in [0.1, 0.15) is 0 Å². The summed E-state index contributed by atoms with van der Waals surface area (Å²) in [5.74, 6) is 0. The molecular weight excluding hydrogens is 162 g/mol. The smallest absolute Gasteiger partial charge is 0.0624 e. The molecule has 78 valence electrons. The lowest BCUT2D eigenvalue weighted by atomic mass is 9.93. The summed E-state index contributed by atoms with van der Waals surface area (Å²) in [4.78, 5) is 0. The molecule has 1 aliphatic rings. The van der Waals surface area contributed by atoms with Gasteiger partial charge < -0.3 is 10.1 Å². The highest BCUT2D eigenvalue weighted by Crippen LogP contribution is 2.18. The van der Waals surface area contributed by atoms with Crippen LogP contribution in [0.3, 0.4) is 0 Å². The highest BCUT2D eigenvalue weighted by Gasteiger charge is 2.17. The lowest BCUT2D eigenvalue weighted by molar-refractivity contribution is -0.0193. The third-order valence-electron chi connectivity index (χ3n) is 2.98. The van der Waals surface area contributed by atoms with Crippen LogP contribution in [-0.4, -0.2) is 24.8 Å². The first-order valence-electron chi connectivity index (χ1n) is 5.51. The Morgan fingerprint density at radius 1 is 1.38 bits per heavy atom. The molecule has 1 rings (SSSR count). The van der Waals surface area contributed by atoms with Gasteiger partial charge in [0.15, 0.2) is 0 Å². The lowest BCUT2D eigenvalue weighted by Crippen LogP contribution is -2.38. The maximum atomic E-state index is 5.74. The molecule has 0 spiro atoms. The quantitative estimate of drug-likeness (QED) is 0.641. The lowest BCUT2D eigenvalue weighted by Gasteiger charge is -2.28. The number of ether oxygens (including phenoxy) is 1. The Bertz CT molecular complexity index is 141. The molecule has 1 N–H and O–H groups in total. The van der Waals surface area contributed by atoms with E-state index < -0.39 is 0 Å². The van der Waals surface area contributed by atoms with Crippen LogP contribution in [0.25, 0.3) is 0 Å². The molecule has 0 heterocycles. The van der Waals surface area contributed by atoms with Crippen LogP contribution in [0.5, 0.6) is 0 Å². The van der Waals surface area contributed by atoms with Gasteiger partial charge in [0.2, 0.25) is 0 Å². The first-order valence-corrected chi connectivity index (χ1v) is 5.51. The van der Waals surface area contributed by atoms with Crippen molar-refractivity contribution >= 4 is 0 Å². The normalized spacial score (nSPS) is 18.7. The summed E-state index contributed by atoms with van der Waals surface area (Å²) in [6.45, 7) is 8.32. The van der Waals surface area contributed by atoms with Gasteiger partial charge in [0.05, 0.1) is 12.2 Å². The maximum Gasteiger partial charge on any atom is 0.0624 e. The molecule has 1 fully saturated rings. The van der Waals surface area contributed by atoms with Gasteiger partial charge in [0.25, 0.3) is 0 Å². The summed E-state index contributed by atoms with van der Waals surface area (Å²) in [6.07, 6.45) is 5.20. The Morgan fingerprint density at radius 3 is 2.54 bits per heavy atom. The largest absolute Gasteiger partial charge is 0.374 e. The van der Waals surface area contributed by atoms with E-state index in [1.165, 1.54) is 19.3 Å². The fourth-order valence-corrected chi connectivity index (χ4v) is 1.30. The molecule has 13 heavy (non-hydrogen) atoms. The van der Waals surface area contributed by atoms with E-state index in [1.807, 2.05) is 0 Å². The second kappa shape index (κ2) is 4.97. The third-order valence-corrected chi connectivity index (χ3v) is 2.98. The predicted molar refractivity (Wildman–Crippen MR) is 56.0 cm³/mol. The molecule has 2 heteroatoms. The molecule has 0 aromatic carbocycles. The molecule has 0 aromatic rings. The van der Waals surface area contributed by atoms with Crippen LogP contribution in [0.1, 0.15) is 46.5 Å². The van der Waals surface area contributed by atoms with E-state index in [4.69, 9.17) is 4.74 Å². The molecule has 0 unspecified atom stereocenters. The molecule has 0 radical (unpaired) electrons. The van der Waals surface area contributed by atoms with E-state index in [0.29, 0.717) is 0 Å². The number of hydrogen-bond donors (Lipinski definition) is 1. The standard InChI is InChI=1S/C11H23NO/c1-4-11(2,3)13-9-8-12-10-6-5-7-10/h10,12H,4-9H2,1-3H3. The van der Waals surface area contributed by atoms with Gasteiger partial charge in [-0.3, -0.25) is 0 Å². The molecule has 0 atom stereocenters. The van der Waals surface area contributed by atoms with E-state index in [9.17, 15) is 0 Å². The summed E-state index contributed by atoms with van der Waals surface area (Å²) in [6, 6.07) is 0.785. The Hall–Kier alpha value is -0.0800. The van der Waals surface area contributed by atoms with Crippen LogP contribution in [0.2, 0.25) is 0 Å². The molecule has 2 nitrogen and oxygen atoms in total. The van der Waals surface area contributed by atoms with Gasteiger partial charge in [-0.1, -0.05) is 13.3 Å². The predicted octanol–water partition coefficient (Wildman–Crippen LogP) is 2.33. The van der Waals surface area contributed by atoms with Gasteiger partial charge in [-0.2, -0.15) is 0 Å². The van der Waals surface area contributed by atoms with Crippen molar-refractivity contribution in [1.29, 1.82) is 0 Å². The summed E-state index contributed by atoms with van der Waals surface area (Å²) in [5, 5.41) is 3.49. The summed E-state index contributed by atoms with van der Waals surface area (Å²) in [7, 11) is 0. The second-order valence-electron chi connectivity index (χ2n) is 4.54. The van der Waals surface area contributed by atoms with E-state index in [-0.39, 0.29) is 5.60 Å². The SMILES string of the molecule is CCC(C)(C)OCCNC1CCC1. The molecule has 0 bridgehead atoms. The minimum atomic E-state index is 0.0568. The van der Waals surface area contributed by atoms with Crippen LogP contribution in [-0.2, 0) is 4.74 Å². The molecule has 0 saturated heterocycles. The summed E-state index contributed by atoms with van der Waals surface area (Å²) < 4.78 is 5.74. The summed E-state index contributed by atoms with van der Waals surface area (Å²) in [5.41, 5.74) is 0.0568. The molecule has 0 amide bonds. The monoisotopic (exact) mass is 185 g/mol. The fourth-order valence-electron chi connectivity index (χ4n) is 1.30. The van der Waals surface area contributed by atoms with Crippen LogP contribution in [0.4, 0.5) is 0 Å². The van der Waals surface area contributed by atoms with Crippen molar-refractivity contribution in [3.05, 3.63) is 0 Å². The highest BCUT2D eigenvalue weighted by molar-refractivity contribution is 4.76. The van der Waals surface area contributed by atoms with Crippen molar-refractivity contribution in [1.82, 2.24) is 5.32 Å². The Labute approximate surface area is 82.0 Å². The minimum Gasteiger partial charge on any atom is -0.374 e.